The van der Waals surface area contributed by atoms with E-state index in [0.717, 1.165) is 34.8 Å². The Morgan fingerprint density at radius 2 is 2.09 bits per heavy atom. The number of quaternary nitrogens is 1. The number of hydrogen-bond donors (Lipinski definition) is 2. The lowest BCUT2D eigenvalue weighted by atomic mass is 9.89. The molecule has 0 aromatic carbocycles. The fraction of sp³-hybridized carbons (Fsp3) is 0.667. The molecule has 0 unspecified atom stereocenters. The van der Waals surface area contributed by atoms with Gasteiger partial charge in [0.05, 0.1) is 11.4 Å². The lowest BCUT2D eigenvalue weighted by Crippen LogP contribution is -2.90. The van der Waals surface area contributed by atoms with Gasteiger partial charge in [-0.3, -0.25) is 4.79 Å². The summed E-state index contributed by atoms with van der Waals surface area (Å²) in [6, 6.07) is 0.927. The third-order valence-electron chi connectivity index (χ3n) is 5.58. The molecule has 0 aliphatic heterocycles. The van der Waals surface area contributed by atoms with Crippen molar-refractivity contribution in [2.45, 2.75) is 70.9 Å². The summed E-state index contributed by atoms with van der Waals surface area (Å²) in [6.07, 6.45) is 8.59. The Morgan fingerprint density at radius 1 is 1.30 bits per heavy atom. The van der Waals surface area contributed by atoms with E-state index in [1.54, 1.807) is 11.3 Å². The van der Waals surface area contributed by atoms with Gasteiger partial charge in [-0.05, 0) is 63.4 Å². The third-order valence-corrected chi connectivity index (χ3v) is 6.72. The van der Waals surface area contributed by atoms with Crippen molar-refractivity contribution in [3.8, 4) is 0 Å². The number of aromatic amines is 1. The third kappa shape index (κ3) is 2.85. The molecule has 2 aromatic heterocycles. The van der Waals surface area contributed by atoms with E-state index in [2.05, 4.69) is 24.1 Å². The molecular formula is C18H26N3OS+. The van der Waals surface area contributed by atoms with Gasteiger partial charge in [0.25, 0.3) is 5.56 Å². The highest BCUT2D eigenvalue weighted by atomic mass is 32.1. The first-order chi connectivity index (χ1) is 11.1. The van der Waals surface area contributed by atoms with Crippen LogP contribution in [0.4, 0.5) is 0 Å². The van der Waals surface area contributed by atoms with Crippen LogP contribution in [0.5, 0.6) is 0 Å². The predicted molar refractivity (Wildman–Crippen MR) is 94.0 cm³/mol. The maximum Gasteiger partial charge on any atom is 0.260 e. The van der Waals surface area contributed by atoms with Crippen LogP contribution in [0.25, 0.3) is 10.2 Å². The smallest absolute Gasteiger partial charge is 0.260 e. The van der Waals surface area contributed by atoms with E-state index in [4.69, 9.17) is 4.98 Å². The Kier molecular flexibility index (Phi) is 4.01. The van der Waals surface area contributed by atoms with Gasteiger partial charge in [-0.1, -0.05) is 6.92 Å². The lowest BCUT2D eigenvalue weighted by Gasteiger charge is -2.17. The SMILES string of the molecule is C[C@@H]1CCc2c(sc3nc([C@H](C)[NH2+]C4CCCC4)[nH]c(=O)c23)C1. The summed E-state index contributed by atoms with van der Waals surface area (Å²) in [7, 11) is 0. The van der Waals surface area contributed by atoms with Gasteiger partial charge in [-0.15, -0.1) is 11.3 Å². The van der Waals surface area contributed by atoms with E-state index in [0.29, 0.717) is 6.04 Å². The van der Waals surface area contributed by atoms with Crippen molar-refractivity contribution in [1.82, 2.24) is 9.97 Å². The molecule has 2 heterocycles. The summed E-state index contributed by atoms with van der Waals surface area (Å²) in [4.78, 5) is 22.9. The molecule has 0 spiro atoms. The highest BCUT2D eigenvalue weighted by Gasteiger charge is 2.26. The van der Waals surface area contributed by atoms with E-state index >= 15 is 0 Å². The quantitative estimate of drug-likeness (QED) is 0.908. The zero-order valence-electron chi connectivity index (χ0n) is 14.0. The van der Waals surface area contributed by atoms with E-state index < -0.39 is 0 Å². The number of nitrogens with two attached hydrogens (primary N) is 1. The van der Waals surface area contributed by atoms with Crippen LogP contribution >= 0.6 is 11.3 Å². The number of aryl methyl sites for hydroxylation is 1. The average molecular weight is 332 g/mol. The molecule has 4 nitrogen and oxygen atoms in total. The monoisotopic (exact) mass is 332 g/mol. The molecule has 5 heteroatoms. The molecule has 0 radical (unpaired) electrons. The van der Waals surface area contributed by atoms with Crippen LogP contribution in [-0.2, 0) is 12.8 Å². The Hall–Kier alpha value is -1.20. The van der Waals surface area contributed by atoms with Crippen LogP contribution in [0.15, 0.2) is 4.79 Å². The van der Waals surface area contributed by atoms with Crippen molar-refractivity contribution in [3.63, 3.8) is 0 Å². The minimum absolute atomic E-state index is 0.0729. The normalized spacial score (nSPS) is 23.3. The molecule has 124 valence electrons. The van der Waals surface area contributed by atoms with Crippen molar-refractivity contribution in [2.75, 3.05) is 0 Å². The van der Waals surface area contributed by atoms with Gasteiger partial charge in [-0.2, -0.15) is 0 Å². The number of rotatable bonds is 3. The second-order valence-electron chi connectivity index (χ2n) is 7.51. The number of hydrogen-bond acceptors (Lipinski definition) is 3. The first kappa shape index (κ1) is 15.3. The van der Waals surface area contributed by atoms with Gasteiger partial charge < -0.3 is 10.3 Å². The van der Waals surface area contributed by atoms with E-state index in [1.165, 1.54) is 42.5 Å². The molecule has 2 aromatic rings. The second kappa shape index (κ2) is 6.02. The first-order valence-electron chi connectivity index (χ1n) is 9.01. The van der Waals surface area contributed by atoms with Crippen molar-refractivity contribution < 1.29 is 5.32 Å². The minimum Gasteiger partial charge on any atom is -0.335 e. The van der Waals surface area contributed by atoms with Crippen molar-refractivity contribution in [2.24, 2.45) is 5.92 Å². The number of thiophene rings is 1. The van der Waals surface area contributed by atoms with Crippen molar-refractivity contribution in [1.29, 1.82) is 0 Å². The topological polar surface area (TPSA) is 62.4 Å². The molecule has 2 atom stereocenters. The summed E-state index contributed by atoms with van der Waals surface area (Å²) in [5.41, 5.74) is 1.35. The molecule has 3 N–H and O–H groups in total. The highest BCUT2D eigenvalue weighted by molar-refractivity contribution is 7.18. The molecule has 2 aliphatic carbocycles. The van der Waals surface area contributed by atoms with E-state index in [9.17, 15) is 4.79 Å². The van der Waals surface area contributed by atoms with Crippen molar-refractivity contribution >= 4 is 21.6 Å². The Balaban J connectivity index is 1.68. The number of H-pyrrole nitrogens is 1. The van der Waals surface area contributed by atoms with Gasteiger partial charge >= 0.3 is 0 Å². The Morgan fingerprint density at radius 3 is 2.87 bits per heavy atom. The molecule has 23 heavy (non-hydrogen) atoms. The van der Waals surface area contributed by atoms with Crippen LogP contribution in [0.2, 0.25) is 0 Å². The fourth-order valence-corrected chi connectivity index (χ4v) is 5.62. The van der Waals surface area contributed by atoms with Gasteiger partial charge in [-0.25, -0.2) is 4.98 Å². The molecule has 0 bridgehead atoms. The standard InChI is InChI=1S/C18H25N3OS/c1-10-7-8-13-14(9-10)23-18-15(13)17(22)20-16(21-18)11(2)19-12-5-3-4-6-12/h10-12,19H,3-9H2,1-2H3,(H,20,21,22)/p+1/t10-,11+/m1/s1. The number of nitrogens with one attached hydrogen (secondary N) is 1. The van der Waals surface area contributed by atoms with Crippen molar-refractivity contribution in [3.05, 3.63) is 26.6 Å². The molecule has 1 fully saturated rings. The van der Waals surface area contributed by atoms with E-state index in [-0.39, 0.29) is 11.6 Å². The molecular weight excluding hydrogens is 306 g/mol. The molecule has 2 aliphatic rings. The molecule has 4 rings (SSSR count). The van der Waals surface area contributed by atoms with Crippen LogP contribution in [0.1, 0.15) is 68.3 Å². The molecule has 1 saturated carbocycles. The van der Waals surface area contributed by atoms with Crippen LogP contribution in [0.3, 0.4) is 0 Å². The zero-order chi connectivity index (χ0) is 16.0. The summed E-state index contributed by atoms with van der Waals surface area (Å²) >= 11 is 1.75. The van der Waals surface area contributed by atoms with Gasteiger partial charge in [0.15, 0.2) is 5.82 Å². The maximum absolute atomic E-state index is 12.7. The first-order valence-corrected chi connectivity index (χ1v) is 9.83. The number of fused-ring (bicyclic) bond motifs is 3. The zero-order valence-corrected chi connectivity index (χ0v) is 14.8. The Bertz CT molecular complexity index is 772. The van der Waals surface area contributed by atoms with E-state index in [1.807, 2.05) is 0 Å². The minimum atomic E-state index is 0.0729. The second-order valence-corrected chi connectivity index (χ2v) is 8.59. The maximum atomic E-state index is 12.7. The van der Waals surface area contributed by atoms with Crippen LogP contribution in [0, 0.1) is 5.92 Å². The summed E-state index contributed by atoms with van der Waals surface area (Å²) in [5, 5.41) is 3.26. The number of nitrogens with zero attached hydrogens (tertiary/aromatic N) is 1. The lowest BCUT2D eigenvalue weighted by molar-refractivity contribution is -0.724. The fourth-order valence-electron chi connectivity index (χ4n) is 4.23. The van der Waals surface area contributed by atoms with Gasteiger partial charge in [0.1, 0.15) is 10.9 Å². The summed E-state index contributed by atoms with van der Waals surface area (Å²) in [6.45, 7) is 4.47. The average Bonchev–Trinajstić information content (AvgIpc) is 3.13. The van der Waals surface area contributed by atoms with Gasteiger partial charge in [0.2, 0.25) is 0 Å². The van der Waals surface area contributed by atoms with Crippen LogP contribution in [-0.4, -0.2) is 16.0 Å². The summed E-state index contributed by atoms with van der Waals surface area (Å²) in [5.74, 6) is 1.57. The largest absolute Gasteiger partial charge is 0.335 e. The van der Waals surface area contributed by atoms with Gasteiger partial charge in [0, 0.05) is 4.88 Å². The Labute approximate surface area is 140 Å². The molecule has 0 amide bonds. The predicted octanol–water partition coefficient (Wildman–Crippen LogP) is 2.68. The molecule has 0 saturated heterocycles. The summed E-state index contributed by atoms with van der Waals surface area (Å²) < 4.78 is 0. The number of aromatic nitrogens is 2. The van der Waals surface area contributed by atoms with Crippen LogP contribution < -0.4 is 10.9 Å². The highest BCUT2D eigenvalue weighted by Crippen LogP contribution is 2.35.